The van der Waals surface area contributed by atoms with E-state index in [9.17, 15) is 14.4 Å². The third-order valence-electron chi connectivity index (χ3n) is 4.47. The number of benzene rings is 2. The van der Waals surface area contributed by atoms with Crippen LogP contribution in [0, 0.1) is 0 Å². The molecular weight excluding hydrogens is 384 g/mol. The molecule has 0 aliphatic heterocycles. The number of esters is 1. The quantitative estimate of drug-likeness (QED) is 0.583. The van der Waals surface area contributed by atoms with E-state index in [0.29, 0.717) is 17.7 Å². The summed E-state index contributed by atoms with van der Waals surface area (Å²) in [7, 11) is 0. The molecule has 2 aromatic carbocycles. The largest absolute Gasteiger partial charge is 0.453 e. The van der Waals surface area contributed by atoms with Gasteiger partial charge >= 0.3 is 5.97 Å². The van der Waals surface area contributed by atoms with Gasteiger partial charge in [-0.2, -0.15) is 0 Å². The van der Waals surface area contributed by atoms with Gasteiger partial charge in [0.15, 0.2) is 6.61 Å². The van der Waals surface area contributed by atoms with Crippen molar-refractivity contribution in [3.63, 3.8) is 0 Å². The lowest BCUT2D eigenvalue weighted by Gasteiger charge is -2.32. The summed E-state index contributed by atoms with van der Waals surface area (Å²) in [6.07, 6.45) is 0. The maximum absolute atomic E-state index is 13.3. The molecule has 2 N–H and O–H groups in total. The zero-order valence-electron chi connectivity index (χ0n) is 17.5. The van der Waals surface area contributed by atoms with Crippen LogP contribution in [0.5, 0.6) is 0 Å². The lowest BCUT2D eigenvalue weighted by atomic mass is 9.86. The molecular formula is C23H28N2O5. The first-order chi connectivity index (χ1) is 14.5. The highest BCUT2D eigenvalue weighted by Gasteiger charge is 2.45. The standard InChI is InChI=1S/C23H28N2O5/c1-4-24-21(27)17(3)25-20(26)16-29-22(28)23(30-5-2,18-12-8-6-9-13-18)19-14-10-7-11-15-19/h6-15,17H,4-5,16H2,1-3H3,(H,24,27)(H,25,26)/t17-/m0/s1. The van der Waals surface area contributed by atoms with Gasteiger partial charge in [0, 0.05) is 13.2 Å². The molecule has 1 atom stereocenters. The van der Waals surface area contributed by atoms with Gasteiger partial charge in [0.25, 0.3) is 5.91 Å². The van der Waals surface area contributed by atoms with Crippen molar-refractivity contribution < 1.29 is 23.9 Å². The first kappa shape index (κ1) is 23.1. The Morgan fingerprint density at radius 3 is 1.93 bits per heavy atom. The van der Waals surface area contributed by atoms with E-state index < -0.39 is 30.1 Å². The van der Waals surface area contributed by atoms with Crippen LogP contribution in [0.15, 0.2) is 60.7 Å². The number of carbonyl (C=O) groups is 3. The van der Waals surface area contributed by atoms with Crippen molar-refractivity contribution in [2.45, 2.75) is 32.4 Å². The second-order valence-corrected chi connectivity index (χ2v) is 6.61. The molecule has 30 heavy (non-hydrogen) atoms. The zero-order chi connectivity index (χ0) is 22.0. The Hall–Kier alpha value is -3.19. The second-order valence-electron chi connectivity index (χ2n) is 6.61. The van der Waals surface area contributed by atoms with Crippen molar-refractivity contribution in [2.75, 3.05) is 19.8 Å². The smallest absolute Gasteiger partial charge is 0.348 e. The highest BCUT2D eigenvalue weighted by atomic mass is 16.6. The molecule has 0 fully saturated rings. The van der Waals surface area contributed by atoms with Gasteiger partial charge in [-0.25, -0.2) is 4.79 Å². The van der Waals surface area contributed by atoms with E-state index >= 15 is 0 Å². The normalized spacial score (nSPS) is 12.0. The van der Waals surface area contributed by atoms with Crippen molar-refractivity contribution in [2.24, 2.45) is 0 Å². The number of rotatable bonds is 10. The minimum atomic E-state index is -1.51. The number of hydrogen-bond acceptors (Lipinski definition) is 5. The Balaban J connectivity index is 2.24. The molecule has 0 aromatic heterocycles. The third-order valence-corrected chi connectivity index (χ3v) is 4.47. The number of likely N-dealkylation sites (N-methyl/N-ethyl adjacent to an activating group) is 1. The van der Waals surface area contributed by atoms with E-state index in [1.165, 1.54) is 0 Å². The second kappa shape index (κ2) is 11.1. The van der Waals surface area contributed by atoms with Crippen molar-refractivity contribution in [1.82, 2.24) is 10.6 Å². The first-order valence-corrected chi connectivity index (χ1v) is 9.95. The average Bonchev–Trinajstić information content (AvgIpc) is 2.77. The average molecular weight is 412 g/mol. The van der Waals surface area contributed by atoms with Crippen LogP contribution in [0.25, 0.3) is 0 Å². The third kappa shape index (κ3) is 5.45. The van der Waals surface area contributed by atoms with Crippen LogP contribution in [0.1, 0.15) is 31.9 Å². The maximum Gasteiger partial charge on any atom is 0.348 e. The van der Waals surface area contributed by atoms with Crippen LogP contribution >= 0.6 is 0 Å². The van der Waals surface area contributed by atoms with E-state index in [2.05, 4.69) is 10.6 Å². The van der Waals surface area contributed by atoms with Gasteiger partial charge < -0.3 is 20.1 Å². The number of nitrogens with one attached hydrogen (secondary N) is 2. The molecule has 0 aliphatic rings. The Morgan fingerprint density at radius 2 is 1.47 bits per heavy atom. The molecule has 2 amide bonds. The molecule has 0 radical (unpaired) electrons. The lowest BCUT2D eigenvalue weighted by molar-refractivity contribution is -0.170. The van der Waals surface area contributed by atoms with Crippen LogP contribution in [0.2, 0.25) is 0 Å². The molecule has 0 aliphatic carbocycles. The summed E-state index contributed by atoms with van der Waals surface area (Å²) in [5, 5.41) is 5.13. The molecule has 0 spiro atoms. The molecule has 0 saturated heterocycles. The highest BCUT2D eigenvalue weighted by Crippen LogP contribution is 2.35. The van der Waals surface area contributed by atoms with Gasteiger partial charge in [0.05, 0.1) is 0 Å². The monoisotopic (exact) mass is 412 g/mol. The molecule has 160 valence electrons. The minimum absolute atomic E-state index is 0.249. The zero-order valence-corrected chi connectivity index (χ0v) is 17.5. The van der Waals surface area contributed by atoms with Gasteiger partial charge in [-0.15, -0.1) is 0 Å². The minimum Gasteiger partial charge on any atom is -0.453 e. The fourth-order valence-electron chi connectivity index (χ4n) is 3.10. The summed E-state index contributed by atoms with van der Waals surface area (Å²) in [6, 6.07) is 17.3. The Labute approximate surface area is 176 Å². The molecule has 7 nitrogen and oxygen atoms in total. The summed E-state index contributed by atoms with van der Waals surface area (Å²) in [6.45, 7) is 5.31. The number of amides is 2. The number of ether oxygens (including phenoxy) is 2. The predicted octanol–water partition coefficient (Wildman–Crippen LogP) is 2.15. The predicted molar refractivity (Wildman–Crippen MR) is 113 cm³/mol. The van der Waals surface area contributed by atoms with Crippen LogP contribution in [-0.4, -0.2) is 43.6 Å². The van der Waals surface area contributed by atoms with Crippen molar-refractivity contribution in [3.8, 4) is 0 Å². The summed E-state index contributed by atoms with van der Waals surface area (Å²) in [5.74, 6) is -1.59. The molecule has 7 heteroatoms. The van der Waals surface area contributed by atoms with Crippen molar-refractivity contribution in [1.29, 1.82) is 0 Å². The lowest BCUT2D eigenvalue weighted by Crippen LogP contribution is -2.47. The van der Waals surface area contributed by atoms with Gasteiger partial charge in [-0.3, -0.25) is 9.59 Å². The van der Waals surface area contributed by atoms with Crippen LogP contribution < -0.4 is 10.6 Å². The number of carbonyl (C=O) groups excluding carboxylic acids is 3. The van der Waals surface area contributed by atoms with Gasteiger partial charge in [0.2, 0.25) is 11.5 Å². The molecule has 0 saturated carbocycles. The topological polar surface area (TPSA) is 93.7 Å². The van der Waals surface area contributed by atoms with Gasteiger partial charge in [-0.05, 0) is 31.9 Å². The van der Waals surface area contributed by atoms with Gasteiger partial charge in [0.1, 0.15) is 6.04 Å². The molecule has 0 unspecified atom stereocenters. The summed E-state index contributed by atoms with van der Waals surface area (Å²) in [5.41, 5.74) is -0.318. The highest BCUT2D eigenvalue weighted by molar-refractivity contribution is 5.90. The van der Waals surface area contributed by atoms with E-state index in [0.717, 1.165) is 0 Å². The Kier molecular flexibility index (Phi) is 8.55. The van der Waals surface area contributed by atoms with Crippen LogP contribution in [-0.2, 0) is 29.5 Å². The Morgan fingerprint density at radius 1 is 0.933 bits per heavy atom. The van der Waals surface area contributed by atoms with E-state index in [1.807, 2.05) is 12.1 Å². The van der Waals surface area contributed by atoms with E-state index in [4.69, 9.17) is 9.47 Å². The summed E-state index contributed by atoms with van der Waals surface area (Å²) < 4.78 is 11.3. The van der Waals surface area contributed by atoms with E-state index in [-0.39, 0.29) is 12.5 Å². The number of hydrogen-bond donors (Lipinski definition) is 2. The molecule has 2 aromatic rings. The van der Waals surface area contributed by atoms with E-state index in [1.54, 1.807) is 69.3 Å². The van der Waals surface area contributed by atoms with Crippen molar-refractivity contribution in [3.05, 3.63) is 71.8 Å². The SMILES string of the molecule is CCNC(=O)[C@H](C)NC(=O)COC(=O)C(OCC)(c1ccccc1)c1ccccc1. The van der Waals surface area contributed by atoms with Gasteiger partial charge in [-0.1, -0.05) is 60.7 Å². The fourth-order valence-corrected chi connectivity index (χ4v) is 3.10. The van der Waals surface area contributed by atoms with Crippen LogP contribution in [0.4, 0.5) is 0 Å². The Bertz CT molecular complexity index is 800. The fraction of sp³-hybridized carbons (Fsp3) is 0.348. The molecule has 0 heterocycles. The van der Waals surface area contributed by atoms with Crippen molar-refractivity contribution >= 4 is 17.8 Å². The molecule has 2 rings (SSSR count). The summed E-state index contributed by atoms with van der Waals surface area (Å²) >= 11 is 0. The summed E-state index contributed by atoms with van der Waals surface area (Å²) in [4.78, 5) is 37.3. The molecule has 0 bridgehead atoms. The van der Waals surface area contributed by atoms with Crippen LogP contribution in [0.3, 0.4) is 0 Å². The maximum atomic E-state index is 13.3. The first-order valence-electron chi connectivity index (χ1n) is 9.95.